The van der Waals surface area contributed by atoms with Gasteiger partial charge in [0.05, 0.1) is 10.2 Å². The molecule has 0 spiro atoms. The fraction of sp³-hybridized carbons (Fsp3) is 0.333. The van der Waals surface area contributed by atoms with E-state index in [0.29, 0.717) is 10.5 Å². The SMILES string of the molecule is CC(=O)O[SiH3].ON=C[SiH3]. The van der Waals surface area contributed by atoms with Gasteiger partial charge in [0.15, 0.2) is 0 Å². The van der Waals surface area contributed by atoms with E-state index < -0.39 is 0 Å². The highest BCUT2D eigenvalue weighted by Crippen LogP contribution is 1.58. The molecule has 0 bridgehead atoms. The Morgan fingerprint density at radius 2 is 2.11 bits per heavy atom. The fourth-order valence-corrected chi connectivity index (χ4v) is 0. The van der Waals surface area contributed by atoms with Crippen LogP contribution in [-0.2, 0) is 9.22 Å². The van der Waals surface area contributed by atoms with E-state index in [1.54, 1.807) is 0 Å². The summed E-state index contributed by atoms with van der Waals surface area (Å²) in [5, 5.41) is 10.2. The first-order valence-electron chi connectivity index (χ1n) is 2.35. The third kappa shape index (κ3) is 37.8. The Hall–Kier alpha value is -0.626. The van der Waals surface area contributed by atoms with E-state index in [-0.39, 0.29) is 5.97 Å². The highest BCUT2D eigenvalue weighted by molar-refractivity contribution is 6.49. The second kappa shape index (κ2) is 10.4. The zero-order valence-corrected chi connectivity index (χ0v) is 9.79. The minimum atomic E-state index is -0.184. The zero-order chi connectivity index (χ0) is 7.70. The van der Waals surface area contributed by atoms with Gasteiger partial charge in [-0.05, 0) is 0 Å². The van der Waals surface area contributed by atoms with Crippen LogP contribution in [0.25, 0.3) is 0 Å². The van der Waals surface area contributed by atoms with Crippen LogP contribution in [0, 0.1) is 0 Å². The lowest BCUT2D eigenvalue weighted by Crippen LogP contribution is -1.90. The lowest BCUT2D eigenvalue weighted by atomic mass is 10.9. The van der Waals surface area contributed by atoms with E-state index in [1.165, 1.54) is 12.8 Å². The van der Waals surface area contributed by atoms with Crippen molar-refractivity contribution in [2.24, 2.45) is 5.16 Å². The van der Waals surface area contributed by atoms with Crippen molar-refractivity contribution in [1.82, 2.24) is 0 Å². The molecular formula is C3H11NO3Si2. The Kier molecular flexibility index (Phi) is 12.9. The quantitative estimate of drug-likeness (QED) is 0.188. The van der Waals surface area contributed by atoms with E-state index in [9.17, 15) is 4.79 Å². The van der Waals surface area contributed by atoms with Gasteiger partial charge in [-0.2, -0.15) is 0 Å². The van der Waals surface area contributed by atoms with Crippen molar-refractivity contribution in [3.63, 3.8) is 0 Å². The molecule has 4 nitrogen and oxygen atoms in total. The summed E-state index contributed by atoms with van der Waals surface area (Å²) in [6, 6.07) is 0. The molecule has 0 aromatic heterocycles. The molecule has 9 heavy (non-hydrogen) atoms. The summed E-state index contributed by atoms with van der Waals surface area (Å²) >= 11 is 0. The average molecular weight is 165 g/mol. The Morgan fingerprint density at radius 3 is 2.11 bits per heavy atom. The van der Waals surface area contributed by atoms with Crippen LogP contribution in [0.1, 0.15) is 6.92 Å². The van der Waals surface area contributed by atoms with Crippen LogP contribution in [-0.4, -0.2) is 37.7 Å². The van der Waals surface area contributed by atoms with Gasteiger partial charge >= 0.3 is 0 Å². The van der Waals surface area contributed by atoms with Crippen molar-refractivity contribution >= 4 is 32.5 Å². The molecule has 0 aliphatic heterocycles. The molecule has 0 aliphatic carbocycles. The largest absolute Gasteiger partial charge is 0.529 e. The number of carbonyl (C=O) groups is 1. The summed E-state index contributed by atoms with van der Waals surface area (Å²) in [7, 11) is 1.37. The van der Waals surface area contributed by atoms with Gasteiger partial charge in [-0.25, -0.2) is 0 Å². The lowest BCUT2D eigenvalue weighted by Gasteiger charge is -1.82. The number of oxime groups is 1. The summed E-state index contributed by atoms with van der Waals surface area (Å²) in [5.41, 5.74) is 0. The van der Waals surface area contributed by atoms with Crippen LogP contribution >= 0.6 is 0 Å². The van der Waals surface area contributed by atoms with Crippen molar-refractivity contribution in [2.45, 2.75) is 6.92 Å². The molecule has 0 saturated heterocycles. The molecule has 0 aromatic rings. The van der Waals surface area contributed by atoms with Crippen LogP contribution in [0.5, 0.6) is 0 Å². The van der Waals surface area contributed by atoms with Gasteiger partial charge in [0.25, 0.3) is 5.97 Å². The lowest BCUT2D eigenvalue weighted by molar-refractivity contribution is -0.131. The van der Waals surface area contributed by atoms with Crippen molar-refractivity contribution in [3.05, 3.63) is 0 Å². The number of carbonyl (C=O) groups excluding carboxylic acids is 1. The molecule has 0 rings (SSSR count). The monoisotopic (exact) mass is 165 g/mol. The molecule has 1 N–H and O–H groups in total. The molecule has 0 atom stereocenters. The Labute approximate surface area is 59.9 Å². The van der Waals surface area contributed by atoms with Gasteiger partial charge in [-0.15, -0.1) is 5.16 Å². The third-order valence-corrected chi connectivity index (χ3v) is 1.21. The number of rotatable bonds is 0. The van der Waals surface area contributed by atoms with E-state index in [1.807, 2.05) is 0 Å². The van der Waals surface area contributed by atoms with Gasteiger partial charge in [0.2, 0.25) is 10.5 Å². The maximum atomic E-state index is 9.62. The predicted molar refractivity (Wildman–Crippen MR) is 41.9 cm³/mol. The van der Waals surface area contributed by atoms with E-state index >= 15 is 0 Å². The molecule has 6 heteroatoms. The third-order valence-electron chi connectivity index (χ3n) is 0.403. The van der Waals surface area contributed by atoms with Crippen molar-refractivity contribution in [2.75, 3.05) is 0 Å². The predicted octanol–water partition coefficient (Wildman–Crippen LogP) is -2.40. The van der Waals surface area contributed by atoms with Crippen LogP contribution in [0.15, 0.2) is 5.16 Å². The minimum Gasteiger partial charge on any atom is -0.529 e. The molecule has 0 amide bonds. The van der Waals surface area contributed by atoms with Gasteiger partial charge in [0, 0.05) is 12.8 Å². The average Bonchev–Trinajstić information content (AvgIpc) is 1.89. The topological polar surface area (TPSA) is 58.9 Å². The Morgan fingerprint density at radius 1 is 1.89 bits per heavy atom. The first-order valence-corrected chi connectivity index (χ1v) is 4.32. The van der Waals surface area contributed by atoms with Gasteiger partial charge in [-0.1, -0.05) is 0 Å². The normalized spacial score (nSPS) is 8.56. The van der Waals surface area contributed by atoms with E-state index in [2.05, 4.69) is 9.58 Å². The summed E-state index contributed by atoms with van der Waals surface area (Å²) < 4.78 is 4.25. The summed E-state index contributed by atoms with van der Waals surface area (Å²) in [6.07, 6.45) is 0. The highest BCUT2D eigenvalue weighted by atomic mass is 28.2. The molecule has 0 aromatic carbocycles. The number of nitrogens with zero attached hydrogens (tertiary/aromatic N) is 1. The Balaban J connectivity index is 0. The molecule has 0 heterocycles. The van der Waals surface area contributed by atoms with Crippen molar-refractivity contribution in [3.8, 4) is 0 Å². The summed E-state index contributed by atoms with van der Waals surface area (Å²) in [6.45, 7) is 1.40. The first kappa shape index (κ1) is 11.2. The smallest absolute Gasteiger partial charge is 0.288 e. The van der Waals surface area contributed by atoms with E-state index in [4.69, 9.17) is 5.21 Å². The Bertz CT molecular complexity index is 91.1. The highest BCUT2D eigenvalue weighted by Gasteiger charge is 1.74. The second-order valence-corrected chi connectivity index (χ2v) is 1.99. The van der Waals surface area contributed by atoms with Crippen LogP contribution in [0.4, 0.5) is 0 Å². The zero-order valence-electron chi connectivity index (χ0n) is 5.79. The second-order valence-electron chi connectivity index (χ2n) is 1.07. The fourth-order valence-electron chi connectivity index (χ4n) is 0. The molecule has 0 fully saturated rings. The standard InChI is InChI=1S/C2H6O2Si.CH5NOSi/c1-2(3)4-5;3-2-1-4/h1,5H3;1,3H,4H3. The molecule has 0 unspecified atom stereocenters. The molecule has 0 radical (unpaired) electrons. The van der Waals surface area contributed by atoms with Gasteiger partial charge in [0.1, 0.15) is 0 Å². The molecular weight excluding hydrogens is 154 g/mol. The number of hydrogen-bond donors (Lipinski definition) is 1. The van der Waals surface area contributed by atoms with Crippen molar-refractivity contribution in [1.29, 1.82) is 0 Å². The van der Waals surface area contributed by atoms with Crippen molar-refractivity contribution < 1.29 is 14.4 Å². The van der Waals surface area contributed by atoms with Crippen LogP contribution in [0.3, 0.4) is 0 Å². The summed E-state index contributed by atoms with van der Waals surface area (Å²) in [5.74, 6) is 1.26. The maximum absolute atomic E-state index is 9.62. The van der Waals surface area contributed by atoms with Crippen LogP contribution in [0.2, 0.25) is 0 Å². The van der Waals surface area contributed by atoms with E-state index in [0.717, 1.165) is 10.2 Å². The molecule has 0 aliphatic rings. The first-order chi connectivity index (χ1) is 4.18. The van der Waals surface area contributed by atoms with Crippen LogP contribution < -0.4 is 0 Å². The minimum absolute atomic E-state index is 0.184. The summed E-state index contributed by atoms with van der Waals surface area (Å²) in [4.78, 5) is 9.62. The van der Waals surface area contributed by atoms with Gasteiger partial charge < -0.3 is 9.63 Å². The maximum Gasteiger partial charge on any atom is 0.288 e. The number of hydrogen-bond acceptors (Lipinski definition) is 4. The van der Waals surface area contributed by atoms with Gasteiger partial charge in [-0.3, -0.25) is 4.79 Å². The molecule has 0 saturated carbocycles. The molecule has 54 valence electrons.